The van der Waals surface area contributed by atoms with Gasteiger partial charge in [0.15, 0.2) is 11.5 Å². The van der Waals surface area contributed by atoms with Crippen molar-refractivity contribution in [1.82, 2.24) is 0 Å². The van der Waals surface area contributed by atoms with Gasteiger partial charge in [-0.15, -0.1) is 0 Å². The third-order valence-electron chi connectivity index (χ3n) is 5.30. The highest BCUT2D eigenvalue weighted by molar-refractivity contribution is 6.10. The number of ether oxygens (including phenoxy) is 2. The standard InChI is InChI=1S/C28H22O2/c1-3-9-21(10-4-1)19-29-27-18-17-25-24-14-8-7-13-23(24)15-16-26(25)28(27)30-20-22-11-5-2-6-12-22/h1-18H,19-20H2. The molecule has 0 aliphatic rings. The Hall–Kier alpha value is -3.78. The molecule has 0 N–H and O–H groups in total. The predicted octanol–water partition coefficient (Wildman–Crippen LogP) is 7.15. The van der Waals surface area contributed by atoms with Crippen LogP contribution in [0.2, 0.25) is 0 Å². The smallest absolute Gasteiger partial charge is 0.169 e. The van der Waals surface area contributed by atoms with Crippen molar-refractivity contribution in [1.29, 1.82) is 0 Å². The Labute approximate surface area is 176 Å². The largest absolute Gasteiger partial charge is 0.485 e. The van der Waals surface area contributed by atoms with Crippen LogP contribution < -0.4 is 9.47 Å². The molecule has 2 heteroatoms. The van der Waals surface area contributed by atoms with E-state index in [9.17, 15) is 0 Å². The van der Waals surface area contributed by atoms with Crippen molar-refractivity contribution < 1.29 is 9.47 Å². The van der Waals surface area contributed by atoms with Gasteiger partial charge >= 0.3 is 0 Å². The van der Waals surface area contributed by atoms with Gasteiger partial charge in [0.05, 0.1) is 0 Å². The van der Waals surface area contributed by atoms with E-state index in [0.717, 1.165) is 28.0 Å². The topological polar surface area (TPSA) is 18.5 Å². The van der Waals surface area contributed by atoms with Crippen LogP contribution in [0.5, 0.6) is 11.5 Å². The summed E-state index contributed by atoms with van der Waals surface area (Å²) in [5, 5.41) is 4.67. The van der Waals surface area contributed by atoms with Crippen molar-refractivity contribution in [3.63, 3.8) is 0 Å². The van der Waals surface area contributed by atoms with E-state index in [1.54, 1.807) is 0 Å². The van der Waals surface area contributed by atoms with E-state index in [0.29, 0.717) is 13.2 Å². The zero-order valence-electron chi connectivity index (χ0n) is 16.6. The quantitative estimate of drug-likeness (QED) is 0.287. The van der Waals surface area contributed by atoms with E-state index in [4.69, 9.17) is 9.47 Å². The summed E-state index contributed by atoms with van der Waals surface area (Å²) in [7, 11) is 0. The molecule has 0 fully saturated rings. The summed E-state index contributed by atoms with van der Waals surface area (Å²) in [5.74, 6) is 1.55. The SMILES string of the molecule is c1ccc(COc2ccc3c(ccc4ccccc43)c2OCc2ccccc2)cc1. The van der Waals surface area contributed by atoms with Crippen LogP contribution in [0.25, 0.3) is 21.5 Å². The second-order valence-corrected chi connectivity index (χ2v) is 7.32. The van der Waals surface area contributed by atoms with E-state index in [1.807, 2.05) is 42.5 Å². The Morgan fingerprint density at radius 2 is 1.03 bits per heavy atom. The van der Waals surface area contributed by atoms with Gasteiger partial charge in [-0.2, -0.15) is 0 Å². The molecule has 5 rings (SSSR count). The summed E-state index contributed by atoms with van der Waals surface area (Å²) in [6, 6.07) is 37.3. The summed E-state index contributed by atoms with van der Waals surface area (Å²) in [4.78, 5) is 0. The second-order valence-electron chi connectivity index (χ2n) is 7.32. The molecule has 30 heavy (non-hydrogen) atoms. The van der Waals surface area contributed by atoms with Gasteiger partial charge < -0.3 is 9.47 Å². The normalized spacial score (nSPS) is 10.9. The number of fused-ring (bicyclic) bond motifs is 3. The molecule has 0 saturated heterocycles. The van der Waals surface area contributed by atoms with Crippen LogP contribution in [0.3, 0.4) is 0 Å². The molecule has 0 radical (unpaired) electrons. The molecule has 0 heterocycles. The van der Waals surface area contributed by atoms with Gasteiger partial charge in [-0.3, -0.25) is 0 Å². The number of hydrogen-bond acceptors (Lipinski definition) is 2. The molecular formula is C28H22O2. The minimum absolute atomic E-state index is 0.495. The van der Waals surface area contributed by atoms with Crippen LogP contribution in [0.1, 0.15) is 11.1 Å². The van der Waals surface area contributed by atoms with E-state index in [1.165, 1.54) is 16.2 Å². The van der Waals surface area contributed by atoms with Crippen LogP contribution in [0.15, 0.2) is 109 Å². The fourth-order valence-corrected chi connectivity index (χ4v) is 3.77. The van der Waals surface area contributed by atoms with Gasteiger partial charge in [-0.25, -0.2) is 0 Å². The molecule has 0 aromatic heterocycles. The van der Waals surface area contributed by atoms with Gasteiger partial charge in [0.1, 0.15) is 13.2 Å². The molecule has 146 valence electrons. The Morgan fingerprint density at radius 3 is 1.77 bits per heavy atom. The molecule has 0 amide bonds. The van der Waals surface area contributed by atoms with Crippen molar-refractivity contribution >= 4 is 21.5 Å². The average Bonchev–Trinajstić information content (AvgIpc) is 2.82. The van der Waals surface area contributed by atoms with Gasteiger partial charge in [0.25, 0.3) is 0 Å². The Bertz CT molecular complexity index is 1280. The monoisotopic (exact) mass is 390 g/mol. The lowest BCUT2D eigenvalue weighted by molar-refractivity contribution is 0.259. The van der Waals surface area contributed by atoms with Crippen LogP contribution in [0, 0.1) is 0 Å². The Balaban J connectivity index is 1.56. The van der Waals surface area contributed by atoms with Gasteiger partial charge in [-0.1, -0.05) is 91.0 Å². The van der Waals surface area contributed by atoms with E-state index in [-0.39, 0.29) is 0 Å². The Kier molecular flexibility index (Phi) is 5.05. The van der Waals surface area contributed by atoms with Crippen molar-refractivity contribution in [3.05, 3.63) is 120 Å². The first-order valence-corrected chi connectivity index (χ1v) is 10.2. The van der Waals surface area contributed by atoms with Crippen molar-refractivity contribution in [3.8, 4) is 11.5 Å². The maximum atomic E-state index is 6.35. The molecular weight excluding hydrogens is 368 g/mol. The minimum Gasteiger partial charge on any atom is -0.485 e. The van der Waals surface area contributed by atoms with E-state index >= 15 is 0 Å². The first-order chi connectivity index (χ1) is 14.9. The molecule has 0 unspecified atom stereocenters. The fourth-order valence-electron chi connectivity index (χ4n) is 3.77. The van der Waals surface area contributed by atoms with Crippen molar-refractivity contribution in [2.24, 2.45) is 0 Å². The molecule has 0 spiro atoms. The number of benzene rings is 5. The third-order valence-corrected chi connectivity index (χ3v) is 5.30. The number of rotatable bonds is 6. The Morgan fingerprint density at radius 1 is 0.433 bits per heavy atom. The molecule has 2 nitrogen and oxygen atoms in total. The summed E-state index contributed by atoms with van der Waals surface area (Å²) < 4.78 is 12.6. The second kappa shape index (κ2) is 8.30. The van der Waals surface area contributed by atoms with Crippen molar-refractivity contribution in [2.75, 3.05) is 0 Å². The van der Waals surface area contributed by atoms with Gasteiger partial charge in [-0.05, 0) is 45.5 Å². The highest BCUT2D eigenvalue weighted by Crippen LogP contribution is 2.39. The highest BCUT2D eigenvalue weighted by atomic mass is 16.5. The minimum atomic E-state index is 0.495. The molecule has 5 aromatic carbocycles. The lowest BCUT2D eigenvalue weighted by Gasteiger charge is -2.16. The molecule has 0 saturated carbocycles. The summed E-state index contributed by atoms with van der Waals surface area (Å²) in [6.07, 6.45) is 0. The maximum Gasteiger partial charge on any atom is 0.169 e. The first-order valence-electron chi connectivity index (χ1n) is 10.2. The van der Waals surface area contributed by atoms with Gasteiger partial charge in [0.2, 0.25) is 0 Å². The summed E-state index contributed by atoms with van der Waals surface area (Å²) >= 11 is 0. The third kappa shape index (κ3) is 3.72. The lowest BCUT2D eigenvalue weighted by atomic mass is 10.0. The molecule has 0 aliphatic carbocycles. The first kappa shape index (κ1) is 18.3. The maximum absolute atomic E-state index is 6.35. The number of hydrogen-bond donors (Lipinski definition) is 0. The lowest BCUT2D eigenvalue weighted by Crippen LogP contribution is -2.01. The van der Waals surface area contributed by atoms with Crippen LogP contribution in [-0.2, 0) is 13.2 Å². The molecule has 0 aliphatic heterocycles. The van der Waals surface area contributed by atoms with E-state index in [2.05, 4.69) is 66.7 Å². The fraction of sp³-hybridized carbons (Fsp3) is 0.0714. The summed E-state index contributed by atoms with van der Waals surface area (Å²) in [5.41, 5.74) is 2.26. The van der Waals surface area contributed by atoms with Crippen LogP contribution in [-0.4, -0.2) is 0 Å². The predicted molar refractivity (Wildman–Crippen MR) is 123 cm³/mol. The zero-order chi connectivity index (χ0) is 20.2. The average molecular weight is 390 g/mol. The summed E-state index contributed by atoms with van der Waals surface area (Å²) in [6.45, 7) is 0.996. The van der Waals surface area contributed by atoms with Gasteiger partial charge in [0, 0.05) is 5.39 Å². The van der Waals surface area contributed by atoms with Crippen LogP contribution >= 0.6 is 0 Å². The molecule has 5 aromatic rings. The van der Waals surface area contributed by atoms with Crippen molar-refractivity contribution in [2.45, 2.75) is 13.2 Å². The molecule has 0 bridgehead atoms. The zero-order valence-corrected chi connectivity index (χ0v) is 16.6. The van der Waals surface area contributed by atoms with E-state index < -0.39 is 0 Å². The molecule has 0 atom stereocenters. The highest BCUT2D eigenvalue weighted by Gasteiger charge is 2.13. The van der Waals surface area contributed by atoms with Crippen LogP contribution in [0.4, 0.5) is 0 Å².